The van der Waals surface area contributed by atoms with E-state index < -0.39 is 36.2 Å². The molecule has 0 aliphatic carbocycles. The second kappa shape index (κ2) is 17.3. The van der Waals surface area contributed by atoms with Crippen LogP contribution in [-0.4, -0.2) is 101 Å². The van der Waals surface area contributed by atoms with Crippen molar-refractivity contribution in [3.05, 3.63) is 96.2 Å². The topological polar surface area (TPSA) is 226 Å². The summed E-state index contributed by atoms with van der Waals surface area (Å²) in [5.74, 6) is 0.266. The molecule has 0 unspecified atom stereocenters. The van der Waals surface area contributed by atoms with E-state index in [0.717, 1.165) is 35.2 Å². The fraction of sp³-hybridized carbons (Fsp3) is 0.349. The predicted octanol–water partition coefficient (Wildman–Crippen LogP) is 6.13. The van der Waals surface area contributed by atoms with Crippen LogP contribution in [0.4, 0.5) is 9.59 Å². The molecule has 3 aromatic carbocycles. The number of benzene rings is 3. The Morgan fingerprint density at radius 3 is 1.95 bits per heavy atom. The average Bonchev–Trinajstić information content (AvgIpc) is 4.07. The molecule has 0 saturated carbocycles. The number of hydrogen-bond donors (Lipinski definition) is 7. The van der Waals surface area contributed by atoms with Crippen molar-refractivity contribution in [3.8, 4) is 45.3 Å². The van der Waals surface area contributed by atoms with E-state index in [4.69, 9.17) is 4.74 Å². The SMILES string of the molecule is COC(=O)N[C@H](C(=O)N1CCC[C@H]1c1ncc(-c2ccc(-c3ccc(-c4[nH]c([C@@H]5CCCN5C(=O)[C@H](Cc5ccc(O)cc5)NC(=O)O)nc4O)cc3)cc2)[nH]1)C(C)C. The van der Waals surface area contributed by atoms with Crippen molar-refractivity contribution in [2.75, 3.05) is 20.2 Å². The monoisotopic (exact) mass is 804 g/mol. The van der Waals surface area contributed by atoms with Gasteiger partial charge in [0.25, 0.3) is 0 Å². The van der Waals surface area contributed by atoms with Crippen molar-refractivity contribution in [1.82, 2.24) is 40.4 Å². The van der Waals surface area contributed by atoms with Crippen molar-refractivity contribution in [1.29, 1.82) is 0 Å². The van der Waals surface area contributed by atoms with Gasteiger partial charge in [-0.15, -0.1) is 0 Å². The predicted molar refractivity (Wildman–Crippen MR) is 217 cm³/mol. The molecule has 4 amide bonds. The molecule has 7 rings (SSSR count). The minimum atomic E-state index is -1.32. The first-order valence-corrected chi connectivity index (χ1v) is 19.7. The van der Waals surface area contributed by atoms with E-state index in [-0.39, 0.29) is 35.9 Å². The maximum atomic E-state index is 13.8. The Hall–Kier alpha value is -6.84. The number of methoxy groups -OCH3 is 1. The van der Waals surface area contributed by atoms with E-state index in [1.807, 2.05) is 62.4 Å². The number of carbonyl (C=O) groups is 4. The van der Waals surface area contributed by atoms with Gasteiger partial charge in [0.05, 0.1) is 31.1 Å². The summed E-state index contributed by atoms with van der Waals surface area (Å²) < 4.78 is 4.75. The summed E-state index contributed by atoms with van der Waals surface area (Å²) in [5, 5.41) is 35.1. The third kappa shape index (κ3) is 8.86. The molecule has 2 aliphatic rings. The lowest BCUT2D eigenvalue weighted by Crippen LogP contribution is -2.51. The van der Waals surface area contributed by atoms with E-state index in [0.29, 0.717) is 54.4 Å². The zero-order valence-electron chi connectivity index (χ0n) is 33.0. The number of carbonyl (C=O) groups excluding carboxylic acids is 3. The number of amides is 4. The van der Waals surface area contributed by atoms with Gasteiger partial charge in [0.1, 0.15) is 35.2 Å². The minimum Gasteiger partial charge on any atom is -0.508 e. The van der Waals surface area contributed by atoms with Crippen molar-refractivity contribution in [3.63, 3.8) is 0 Å². The third-order valence-corrected chi connectivity index (χ3v) is 11.1. The molecule has 0 radical (unpaired) electrons. The summed E-state index contributed by atoms with van der Waals surface area (Å²) >= 11 is 0. The van der Waals surface area contributed by atoms with Crippen LogP contribution < -0.4 is 10.6 Å². The number of aromatic nitrogens is 4. The van der Waals surface area contributed by atoms with Crippen LogP contribution in [0.1, 0.15) is 68.8 Å². The third-order valence-electron chi connectivity index (χ3n) is 11.1. The van der Waals surface area contributed by atoms with Crippen molar-refractivity contribution in [2.24, 2.45) is 5.92 Å². The van der Waals surface area contributed by atoms with Crippen molar-refractivity contribution in [2.45, 2.75) is 70.1 Å². The molecule has 2 aromatic heterocycles. The number of nitrogens with one attached hydrogen (secondary N) is 4. The number of aromatic amines is 2. The Labute approximate surface area is 340 Å². The normalized spacial score (nSPS) is 17.5. The van der Waals surface area contributed by atoms with Gasteiger partial charge in [0.2, 0.25) is 17.7 Å². The van der Waals surface area contributed by atoms with Gasteiger partial charge in [-0.1, -0.05) is 74.5 Å². The number of hydrogen-bond acceptors (Lipinski definition) is 9. The molecule has 5 aromatic rings. The summed E-state index contributed by atoms with van der Waals surface area (Å²) in [6, 6.07) is 19.4. The zero-order valence-corrected chi connectivity index (χ0v) is 33.0. The molecule has 2 aliphatic heterocycles. The number of nitrogens with zero attached hydrogens (tertiary/aromatic N) is 4. The molecule has 16 nitrogen and oxygen atoms in total. The molecule has 2 saturated heterocycles. The van der Waals surface area contributed by atoms with Gasteiger partial charge in [-0.3, -0.25) is 9.59 Å². The zero-order chi connectivity index (χ0) is 41.8. The van der Waals surface area contributed by atoms with Gasteiger partial charge in [0.15, 0.2) is 0 Å². The Morgan fingerprint density at radius 1 is 0.780 bits per heavy atom. The minimum absolute atomic E-state index is 0.0686. The van der Waals surface area contributed by atoms with Gasteiger partial charge in [0, 0.05) is 25.1 Å². The van der Waals surface area contributed by atoms with Crippen LogP contribution in [0.2, 0.25) is 0 Å². The smallest absolute Gasteiger partial charge is 0.407 e. The quantitative estimate of drug-likeness (QED) is 0.0763. The summed E-state index contributed by atoms with van der Waals surface area (Å²) in [6.07, 6.45) is 2.74. The van der Waals surface area contributed by atoms with E-state index in [1.54, 1.807) is 28.1 Å². The number of aromatic hydroxyl groups is 2. The Balaban J connectivity index is 1.02. The lowest BCUT2D eigenvalue weighted by Gasteiger charge is -2.30. The van der Waals surface area contributed by atoms with E-state index in [9.17, 15) is 34.5 Å². The van der Waals surface area contributed by atoms with Crippen LogP contribution in [0.3, 0.4) is 0 Å². The highest BCUT2D eigenvalue weighted by molar-refractivity contribution is 5.87. The second-order valence-electron chi connectivity index (χ2n) is 15.3. The Bertz CT molecular complexity index is 2290. The first-order valence-electron chi connectivity index (χ1n) is 19.7. The first-order chi connectivity index (χ1) is 28.4. The number of phenols is 1. The lowest BCUT2D eigenvalue weighted by atomic mass is 10.0. The molecule has 7 N–H and O–H groups in total. The number of phenolic OH excluding ortho intramolecular Hbond substituents is 1. The van der Waals surface area contributed by atoms with Gasteiger partial charge in [-0.2, -0.15) is 4.98 Å². The van der Waals surface area contributed by atoms with E-state index in [2.05, 4.69) is 30.6 Å². The van der Waals surface area contributed by atoms with Crippen LogP contribution in [0.25, 0.3) is 33.6 Å². The maximum absolute atomic E-state index is 13.8. The number of rotatable bonds is 12. The second-order valence-corrected chi connectivity index (χ2v) is 15.3. The highest BCUT2D eigenvalue weighted by Gasteiger charge is 2.38. The number of carboxylic acid groups (broad SMARTS) is 1. The first kappa shape index (κ1) is 40.4. The van der Waals surface area contributed by atoms with Crippen molar-refractivity contribution >= 4 is 24.0 Å². The van der Waals surface area contributed by atoms with Gasteiger partial charge < -0.3 is 50.5 Å². The summed E-state index contributed by atoms with van der Waals surface area (Å²) in [4.78, 5) is 69.9. The molecule has 4 heterocycles. The fourth-order valence-corrected chi connectivity index (χ4v) is 7.99. The van der Waals surface area contributed by atoms with E-state index in [1.165, 1.54) is 19.2 Å². The highest BCUT2D eigenvalue weighted by Crippen LogP contribution is 2.37. The van der Waals surface area contributed by atoms with Crippen LogP contribution in [0.15, 0.2) is 79.0 Å². The number of likely N-dealkylation sites (tertiary alicyclic amines) is 2. The van der Waals surface area contributed by atoms with Crippen LogP contribution in [0.5, 0.6) is 11.6 Å². The molecule has 59 heavy (non-hydrogen) atoms. The van der Waals surface area contributed by atoms with Crippen LogP contribution in [-0.2, 0) is 20.7 Å². The molecule has 0 spiro atoms. The molecule has 308 valence electrons. The van der Waals surface area contributed by atoms with Crippen LogP contribution in [0, 0.1) is 5.92 Å². The Kier molecular flexibility index (Phi) is 11.9. The highest BCUT2D eigenvalue weighted by atomic mass is 16.5. The summed E-state index contributed by atoms with van der Waals surface area (Å²) in [7, 11) is 1.27. The van der Waals surface area contributed by atoms with Crippen molar-refractivity contribution < 1.29 is 39.2 Å². The fourth-order valence-electron chi connectivity index (χ4n) is 7.99. The van der Waals surface area contributed by atoms with Gasteiger partial charge in [-0.05, 0) is 66.0 Å². The van der Waals surface area contributed by atoms with E-state index >= 15 is 0 Å². The molecular formula is C43H48N8O8. The molecule has 0 bridgehead atoms. The maximum Gasteiger partial charge on any atom is 0.407 e. The average molecular weight is 805 g/mol. The summed E-state index contributed by atoms with van der Waals surface area (Å²) in [6.45, 7) is 4.74. The molecule has 2 fully saturated rings. The lowest BCUT2D eigenvalue weighted by molar-refractivity contribution is -0.135. The molecular weight excluding hydrogens is 757 g/mol. The summed E-state index contributed by atoms with van der Waals surface area (Å²) in [5.41, 5.74) is 5.44. The van der Waals surface area contributed by atoms with Crippen LogP contribution >= 0.6 is 0 Å². The largest absolute Gasteiger partial charge is 0.508 e. The number of imidazole rings is 2. The standard InChI is InChI=1S/C43H48N8O8/c1-24(2)35(48-43(58)59-3)41(55)51-21-4-6-33(51)37-44-23-32(45-37)28-14-10-26(11-15-28)27-12-16-29(17-13-27)36-39(53)49-38(47-36)34-7-5-20-50(34)40(54)31(46-42(56)57)22-25-8-18-30(52)19-9-25/h8-19,23-24,31,33-35,46,52-53H,4-7,20-22H2,1-3H3,(H,44,45)(H,47,49)(H,48,58)(H,56,57)/t31-,33-,34-,35-/m0/s1. The number of alkyl carbamates (subject to hydrolysis) is 1. The Morgan fingerprint density at radius 2 is 1.36 bits per heavy atom. The van der Waals surface area contributed by atoms with Gasteiger partial charge in [-0.25, -0.2) is 14.6 Å². The van der Waals surface area contributed by atoms with Gasteiger partial charge >= 0.3 is 12.2 Å². The number of H-pyrrole nitrogens is 2. The molecule has 4 atom stereocenters. The molecule has 16 heteroatoms. The number of ether oxygens (including phenoxy) is 1.